The first-order valence-corrected chi connectivity index (χ1v) is 12.2. The van der Waals surface area contributed by atoms with Gasteiger partial charge in [0.05, 0.1) is 6.61 Å². The summed E-state index contributed by atoms with van der Waals surface area (Å²) in [4.78, 5) is 11.9. The van der Waals surface area contributed by atoms with E-state index in [-0.39, 0.29) is 17.3 Å². The Labute approximate surface area is 173 Å². The molecular formula is C20H43N2O3PS. The summed E-state index contributed by atoms with van der Waals surface area (Å²) in [5, 5.41) is 0.200. The van der Waals surface area contributed by atoms with Crippen LogP contribution in [0, 0.1) is 5.41 Å². The molecule has 0 aliphatic rings. The van der Waals surface area contributed by atoms with Gasteiger partial charge in [-0.05, 0) is 55.4 Å². The second-order valence-corrected chi connectivity index (χ2v) is 11.7. The van der Waals surface area contributed by atoms with Gasteiger partial charge in [-0.15, -0.1) is 0 Å². The molecule has 0 spiro atoms. The maximum atomic E-state index is 11.9. The van der Waals surface area contributed by atoms with Gasteiger partial charge in [0.15, 0.2) is 20.4 Å². The lowest BCUT2D eigenvalue weighted by molar-refractivity contribution is -0.117. The van der Waals surface area contributed by atoms with Crippen molar-refractivity contribution in [3.8, 4) is 0 Å². The Morgan fingerprint density at radius 2 is 1.30 bits per heavy atom. The molecule has 0 atom stereocenters. The van der Waals surface area contributed by atoms with Gasteiger partial charge in [0.25, 0.3) is 0 Å². The Kier molecular flexibility index (Phi) is 12.9. The first kappa shape index (κ1) is 27.3. The molecule has 0 aromatic heterocycles. The first-order valence-electron chi connectivity index (χ1n) is 10.0. The fourth-order valence-corrected chi connectivity index (χ4v) is 5.86. The van der Waals surface area contributed by atoms with Gasteiger partial charge in [0, 0.05) is 35.3 Å². The maximum Gasteiger partial charge on any atom is 0.194 e. The van der Waals surface area contributed by atoms with Crippen LogP contribution in [0.1, 0.15) is 76.2 Å². The van der Waals surface area contributed by atoms with Crippen LogP contribution in [0.15, 0.2) is 0 Å². The van der Waals surface area contributed by atoms with Gasteiger partial charge in [-0.25, -0.2) is 9.34 Å². The lowest BCUT2D eigenvalue weighted by atomic mass is 10.00. The Morgan fingerprint density at radius 1 is 0.889 bits per heavy atom. The number of ether oxygens (including phenoxy) is 1. The summed E-state index contributed by atoms with van der Waals surface area (Å²) in [6, 6.07) is 1.54. The predicted molar refractivity (Wildman–Crippen MR) is 120 cm³/mol. The zero-order valence-corrected chi connectivity index (χ0v) is 21.1. The number of carbonyl (C=O) groups is 1. The topological polar surface area (TPSA) is 42.0 Å². The van der Waals surface area contributed by atoms with E-state index in [1.54, 1.807) is 0 Å². The molecule has 0 aliphatic heterocycles. The molecule has 7 heteroatoms. The van der Waals surface area contributed by atoms with Crippen molar-refractivity contribution in [2.75, 3.05) is 19.2 Å². The van der Waals surface area contributed by atoms with Crippen LogP contribution < -0.4 is 0 Å². The second kappa shape index (κ2) is 12.8. The molecule has 0 rings (SSSR count). The molecule has 162 valence electrons. The van der Waals surface area contributed by atoms with Crippen LogP contribution in [-0.2, 0) is 14.1 Å². The third kappa shape index (κ3) is 10.0. The fourth-order valence-electron chi connectivity index (χ4n) is 2.79. The second-order valence-electron chi connectivity index (χ2n) is 8.93. The van der Waals surface area contributed by atoms with Gasteiger partial charge in [-0.2, -0.15) is 0 Å². The van der Waals surface area contributed by atoms with Crippen molar-refractivity contribution in [3.05, 3.63) is 0 Å². The Balaban J connectivity index is 4.81. The molecule has 0 aromatic carbocycles. The number of carbonyl (C=O) groups excluding carboxylic acids is 1. The Bertz CT molecular complexity index is 390. The van der Waals surface area contributed by atoms with Crippen molar-refractivity contribution in [3.63, 3.8) is 0 Å². The third-order valence-corrected chi connectivity index (χ3v) is 8.06. The number of hydrogen-bond donors (Lipinski definition) is 0. The third-order valence-electron chi connectivity index (χ3n) is 3.84. The van der Waals surface area contributed by atoms with Gasteiger partial charge in [-0.3, -0.25) is 4.79 Å². The van der Waals surface area contributed by atoms with Gasteiger partial charge in [0.1, 0.15) is 0 Å². The highest BCUT2D eigenvalue weighted by Gasteiger charge is 2.34. The summed E-state index contributed by atoms with van der Waals surface area (Å²) < 4.78 is 16.9. The van der Waals surface area contributed by atoms with Crippen LogP contribution in [-0.4, -0.2) is 57.8 Å². The van der Waals surface area contributed by atoms with Gasteiger partial charge in [-0.1, -0.05) is 32.5 Å². The van der Waals surface area contributed by atoms with E-state index in [0.29, 0.717) is 36.5 Å². The van der Waals surface area contributed by atoms with E-state index in [2.05, 4.69) is 64.7 Å². The smallest absolute Gasteiger partial charge is 0.194 e. The largest absolute Gasteiger partial charge is 0.354 e. The van der Waals surface area contributed by atoms with Crippen LogP contribution in [0.3, 0.4) is 0 Å². The highest BCUT2D eigenvalue weighted by Crippen LogP contribution is 2.50. The fraction of sp³-hybridized carbons (Fsp3) is 0.950. The lowest BCUT2D eigenvalue weighted by Gasteiger charge is -2.45. The standard InChI is InChI=1S/C20H43N2O3PS/c1-15(2)21(16(3)4)26(22(17(5)6)18(7)8)25-14-24-12-13-27-19(23)20(9,10)11/h15-18H,12-14H2,1-11H3. The van der Waals surface area contributed by atoms with E-state index in [1.165, 1.54) is 11.8 Å². The molecule has 0 amide bonds. The zero-order valence-electron chi connectivity index (χ0n) is 19.4. The minimum atomic E-state index is -0.929. The summed E-state index contributed by atoms with van der Waals surface area (Å²) in [5.74, 6) is 0.660. The zero-order chi connectivity index (χ0) is 21.4. The molecule has 0 N–H and O–H groups in total. The van der Waals surface area contributed by atoms with Crippen LogP contribution in [0.2, 0.25) is 0 Å². The van der Waals surface area contributed by atoms with Crippen LogP contribution >= 0.6 is 20.2 Å². The normalized spacial score (nSPS) is 13.4. The van der Waals surface area contributed by atoms with Crippen molar-refractivity contribution in [2.45, 2.75) is 100 Å². The summed E-state index contributed by atoms with van der Waals surface area (Å²) in [6.07, 6.45) is 0. The van der Waals surface area contributed by atoms with Crippen molar-refractivity contribution >= 4 is 25.3 Å². The van der Waals surface area contributed by atoms with Crippen molar-refractivity contribution in [1.82, 2.24) is 9.34 Å². The average molecular weight is 423 g/mol. The number of thioether (sulfide) groups is 1. The van der Waals surface area contributed by atoms with Crippen LogP contribution in [0.25, 0.3) is 0 Å². The molecule has 0 unspecified atom stereocenters. The average Bonchev–Trinajstić information content (AvgIpc) is 2.47. The summed E-state index contributed by atoms with van der Waals surface area (Å²) in [5.41, 5.74) is -0.306. The van der Waals surface area contributed by atoms with Crippen LogP contribution in [0.4, 0.5) is 0 Å². The highest BCUT2D eigenvalue weighted by molar-refractivity contribution is 8.13. The minimum Gasteiger partial charge on any atom is -0.354 e. The summed E-state index contributed by atoms with van der Waals surface area (Å²) in [6.45, 7) is 24.3. The first-order chi connectivity index (χ1) is 12.3. The molecule has 0 saturated heterocycles. The maximum absolute atomic E-state index is 11.9. The predicted octanol–water partition coefficient (Wildman–Crippen LogP) is 5.75. The van der Waals surface area contributed by atoms with Crippen molar-refractivity contribution in [2.24, 2.45) is 5.41 Å². The highest BCUT2D eigenvalue weighted by atomic mass is 32.2. The van der Waals surface area contributed by atoms with Gasteiger partial charge >= 0.3 is 0 Å². The molecule has 0 radical (unpaired) electrons. The Morgan fingerprint density at radius 3 is 1.63 bits per heavy atom. The lowest BCUT2D eigenvalue weighted by Crippen LogP contribution is -2.43. The molecule has 5 nitrogen and oxygen atoms in total. The molecule has 0 heterocycles. The number of nitrogens with zero attached hydrogens (tertiary/aromatic N) is 2. The van der Waals surface area contributed by atoms with Crippen molar-refractivity contribution < 1.29 is 14.1 Å². The number of hydrogen-bond acceptors (Lipinski definition) is 6. The molecule has 27 heavy (non-hydrogen) atoms. The van der Waals surface area contributed by atoms with E-state index < -0.39 is 8.45 Å². The summed E-state index contributed by atoms with van der Waals surface area (Å²) in [7, 11) is -0.929. The molecule has 0 bridgehead atoms. The van der Waals surface area contributed by atoms with E-state index in [9.17, 15) is 4.79 Å². The van der Waals surface area contributed by atoms with Gasteiger partial charge < -0.3 is 9.26 Å². The van der Waals surface area contributed by atoms with E-state index in [0.717, 1.165) is 0 Å². The monoisotopic (exact) mass is 422 g/mol. The van der Waals surface area contributed by atoms with E-state index >= 15 is 0 Å². The van der Waals surface area contributed by atoms with E-state index in [1.807, 2.05) is 20.8 Å². The quantitative estimate of drug-likeness (QED) is 0.227. The SMILES string of the molecule is CC(C)N(C(C)C)P(OCOCCSC(=O)C(C)(C)C)N(C(C)C)C(C)C. The molecule has 0 fully saturated rings. The van der Waals surface area contributed by atoms with E-state index in [4.69, 9.17) is 9.26 Å². The molecule has 0 aliphatic carbocycles. The van der Waals surface area contributed by atoms with Crippen LogP contribution in [0.5, 0.6) is 0 Å². The molecule has 0 saturated carbocycles. The molecular weight excluding hydrogens is 379 g/mol. The molecule has 0 aromatic rings. The number of rotatable bonds is 12. The Hall–Kier alpha value is 0.290. The van der Waals surface area contributed by atoms with Gasteiger partial charge in [0.2, 0.25) is 0 Å². The van der Waals surface area contributed by atoms with Crippen molar-refractivity contribution in [1.29, 1.82) is 0 Å². The summed E-state index contributed by atoms with van der Waals surface area (Å²) >= 11 is 1.34. The minimum absolute atomic E-state index is 0.200.